The molecule has 3 rings (SSSR count). The van der Waals surface area contributed by atoms with Crippen molar-refractivity contribution in [2.24, 2.45) is 11.8 Å². The SMILES string of the molecule is CCC[C@H](CNC(=O)OC)C(=O)N1CCC2(c3ccc(OC(F)(F)F)cc3)CC2C1. The van der Waals surface area contributed by atoms with Crippen molar-refractivity contribution < 1.29 is 32.2 Å². The summed E-state index contributed by atoms with van der Waals surface area (Å²) in [6.45, 7) is 3.45. The number of hydrogen-bond donors (Lipinski definition) is 1. The van der Waals surface area contributed by atoms with Crippen LogP contribution < -0.4 is 10.1 Å². The number of benzene rings is 1. The van der Waals surface area contributed by atoms with Gasteiger partial charge in [0.25, 0.3) is 0 Å². The number of rotatable bonds is 7. The molecule has 1 aromatic carbocycles. The second kappa shape index (κ2) is 8.73. The second-order valence-corrected chi connectivity index (χ2v) is 8.02. The molecule has 2 amide bonds. The summed E-state index contributed by atoms with van der Waals surface area (Å²) in [5, 5.41) is 2.61. The van der Waals surface area contributed by atoms with Gasteiger partial charge in [-0.1, -0.05) is 25.5 Å². The van der Waals surface area contributed by atoms with Crippen molar-refractivity contribution >= 4 is 12.0 Å². The monoisotopic (exact) mass is 428 g/mol. The highest BCUT2D eigenvalue weighted by molar-refractivity contribution is 5.80. The largest absolute Gasteiger partial charge is 0.573 e. The van der Waals surface area contributed by atoms with Crippen molar-refractivity contribution in [3.8, 4) is 5.75 Å². The summed E-state index contributed by atoms with van der Waals surface area (Å²) in [5.41, 5.74) is 0.921. The van der Waals surface area contributed by atoms with Gasteiger partial charge in [-0.15, -0.1) is 13.2 Å². The van der Waals surface area contributed by atoms with E-state index in [9.17, 15) is 22.8 Å². The van der Waals surface area contributed by atoms with Crippen LogP contribution in [0.25, 0.3) is 0 Å². The molecule has 0 bridgehead atoms. The first-order valence-corrected chi connectivity index (χ1v) is 10.2. The molecule has 3 atom stereocenters. The molecule has 1 aliphatic carbocycles. The maximum absolute atomic E-state index is 13.0. The second-order valence-electron chi connectivity index (χ2n) is 8.02. The average Bonchev–Trinajstić information content (AvgIpc) is 3.44. The third-order valence-electron chi connectivity index (χ3n) is 6.14. The molecule has 2 unspecified atom stereocenters. The van der Waals surface area contributed by atoms with Gasteiger partial charge in [0.05, 0.1) is 13.0 Å². The Kier molecular flexibility index (Phi) is 6.47. The predicted molar refractivity (Wildman–Crippen MR) is 103 cm³/mol. The molecule has 6 nitrogen and oxygen atoms in total. The number of amides is 2. The maximum atomic E-state index is 13.0. The standard InChI is InChI=1S/C21H27F3N2O4/c1-3-4-14(12-25-19(28)29-2)18(27)26-10-9-20(11-16(20)13-26)15-5-7-17(8-6-15)30-21(22,23)24/h5-8,14,16H,3-4,9-13H2,1-2H3,(H,25,28)/t14-,16?,20?/m1/s1. The van der Waals surface area contributed by atoms with Gasteiger partial charge in [0.15, 0.2) is 0 Å². The Balaban J connectivity index is 1.59. The lowest BCUT2D eigenvalue weighted by Crippen LogP contribution is -2.46. The zero-order valence-corrected chi connectivity index (χ0v) is 17.1. The van der Waals surface area contributed by atoms with Crippen molar-refractivity contribution in [2.75, 3.05) is 26.7 Å². The van der Waals surface area contributed by atoms with Crippen LogP contribution in [0.3, 0.4) is 0 Å². The minimum atomic E-state index is -4.70. The molecular formula is C21H27F3N2O4. The molecular weight excluding hydrogens is 401 g/mol. The van der Waals surface area contributed by atoms with Crippen molar-refractivity contribution in [2.45, 2.75) is 44.4 Å². The summed E-state index contributed by atoms with van der Waals surface area (Å²) >= 11 is 0. The molecule has 0 spiro atoms. The van der Waals surface area contributed by atoms with Crippen LogP contribution >= 0.6 is 0 Å². The fourth-order valence-electron chi connectivity index (χ4n) is 4.50. The number of fused-ring (bicyclic) bond motifs is 1. The Hall–Kier alpha value is -2.45. The summed E-state index contributed by atoms with van der Waals surface area (Å²) in [6.07, 6.45) is -2.07. The predicted octanol–water partition coefficient (Wildman–Crippen LogP) is 3.85. The Labute approximate surface area is 173 Å². The average molecular weight is 428 g/mol. The van der Waals surface area contributed by atoms with Crippen LogP contribution in [-0.4, -0.2) is 50.0 Å². The number of likely N-dealkylation sites (tertiary alicyclic amines) is 1. The number of alkyl carbamates (subject to hydrolysis) is 1. The molecule has 1 aromatic rings. The lowest BCUT2D eigenvalue weighted by molar-refractivity contribution is -0.274. The van der Waals surface area contributed by atoms with Crippen molar-refractivity contribution in [1.82, 2.24) is 10.2 Å². The Bertz CT molecular complexity index is 769. The van der Waals surface area contributed by atoms with Gasteiger partial charge in [0, 0.05) is 25.0 Å². The van der Waals surface area contributed by atoms with Crippen molar-refractivity contribution in [1.29, 1.82) is 0 Å². The van der Waals surface area contributed by atoms with E-state index in [0.717, 1.165) is 24.8 Å². The number of ether oxygens (including phenoxy) is 2. The fraction of sp³-hybridized carbons (Fsp3) is 0.619. The highest BCUT2D eigenvalue weighted by Gasteiger charge is 2.58. The number of methoxy groups -OCH3 is 1. The van der Waals surface area contributed by atoms with Gasteiger partial charge in [-0.05, 0) is 42.9 Å². The number of nitrogens with zero attached hydrogens (tertiary/aromatic N) is 1. The Morgan fingerprint density at radius 1 is 1.30 bits per heavy atom. The first kappa shape index (κ1) is 22.2. The van der Waals surface area contributed by atoms with Gasteiger partial charge in [-0.25, -0.2) is 4.79 Å². The van der Waals surface area contributed by atoms with E-state index >= 15 is 0 Å². The van der Waals surface area contributed by atoms with Crippen LogP contribution in [-0.2, 0) is 14.9 Å². The van der Waals surface area contributed by atoms with Crippen LogP contribution in [0.1, 0.15) is 38.2 Å². The third kappa shape index (κ3) is 4.99. The minimum absolute atomic E-state index is 0.0303. The van der Waals surface area contributed by atoms with Crippen LogP contribution in [0, 0.1) is 11.8 Å². The molecule has 1 N–H and O–H groups in total. The van der Waals surface area contributed by atoms with Crippen LogP contribution in [0.2, 0.25) is 0 Å². The number of piperidine rings is 1. The summed E-state index contributed by atoms with van der Waals surface area (Å²) in [4.78, 5) is 26.2. The third-order valence-corrected chi connectivity index (χ3v) is 6.14. The highest BCUT2D eigenvalue weighted by Crippen LogP contribution is 2.59. The van der Waals surface area contributed by atoms with Gasteiger partial charge in [-0.2, -0.15) is 0 Å². The van der Waals surface area contributed by atoms with Gasteiger partial charge in [0.2, 0.25) is 5.91 Å². The highest BCUT2D eigenvalue weighted by atomic mass is 19.4. The van der Waals surface area contributed by atoms with Crippen LogP contribution in [0.4, 0.5) is 18.0 Å². The Morgan fingerprint density at radius 3 is 2.57 bits per heavy atom. The van der Waals surface area contributed by atoms with E-state index in [-0.39, 0.29) is 29.5 Å². The number of nitrogens with one attached hydrogen (secondary N) is 1. The first-order valence-electron chi connectivity index (χ1n) is 10.2. The lowest BCUT2D eigenvalue weighted by atomic mass is 9.86. The summed E-state index contributed by atoms with van der Waals surface area (Å²) < 4.78 is 45.6. The quantitative estimate of drug-likeness (QED) is 0.717. The smallest absolute Gasteiger partial charge is 0.453 e. The van der Waals surface area contributed by atoms with Gasteiger partial charge >= 0.3 is 12.5 Å². The number of hydrogen-bond acceptors (Lipinski definition) is 4. The normalized spacial score (nSPS) is 23.9. The minimum Gasteiger partial charge on any atom is -0.453 e. The van der Waals surface area contributed by atoms with Crippen LogP contribution in [0.15, 0.2) is 24.3 Å². The molecule has 2 fully saturated rings. The van der Waals surface area contributed by atoms with E-state index in [1.54, 1.807) is 12.1 Å². The lowest BCUT2D eigenvalue weighted by Gasteiger charge is -2.34. The molecule has 166 valence electrons. The maximum Gasteiger partial charge on any atom is 0.573 e. The zero-order chi connectivity index (χ0) is 21.9. The van der Waals surface area contributed by atoms with E-state index < -0.39 is 12.5 Å². The van der Waals surface area contributed by atoms with Crippen molar-refractivity contribution in [3.05, 3.63) is 29.8 Å². The Morgan fingerprint density at radius 2 is 2.00 bits per heavy atom. The summed E-state index contributed by atoms with van der Waals surface area (Å²) in [5.74, 6) is -0.199. The molecule has 9 heteroatoms. The molecule has 0 aromatic heterocycles. The van der Waals surface area contributed by atoms with Gasteiger partial charge in [0.1, 0.15) is 5.75 Å². The molecule has 1 heterocycles. The van der Waals surface area contributed by atoms with E-state index in [1.807, 2.05) is 11.8 Å². The van der Waals surface area contributed by atoms with E-state index in [1.165, 1.54) is 19.2 Å². The molecule has 1 aliphatic heterocycles. The van der Waals surface area contributed by atoms with Gasteiger partial charge < -0.3 is 19.7 Å². The summed E-state index contributed by atoms with van der Waals surface area (Å²) in [6, 6.07) is 6.08. The fourth-order valence-corrected chi connectivity index (χ4v) is 4.50. The zero-order valence-electron chi connectivity index (χ0n) is 17.1. The topological polar surface area (TPSA) is 67.9 Å². The molecule has 30 heavy (non-hydrogen) atoms. The molecule has 0 radical (unpaired) electrons. The van der Waals surface area contributed by atoms with E-state index in [0.29, 0.717) is 25.4 Å². The van der Waals surface area contributed by atoms with Crippen LogP contribution in [0.5, 0.6) is 5.75 Å². The summed E-state index contributed by atoms with van der Waals surface area (Å²) in [7, 11) is 1.28. The number of carbonyl (C=O) groups excluding carboxylic acids is 2. The number of alkyl halides is 3. The molecule has 1 saturated heterocycles. The number of halogens is 3. The van der Waals surface area contributed by atoms with Crippen molar-refractivity contribution in [3.63, 3.8) is 0 Å². The van der Waals surface area contributed by atoms with E-state index in [4.69, 9.17) is 0 Å². The number of carbonyl (C=O) groups is 2. The molecule has 1 saturated carbocycles. The van der Waals surface area contributed by atoms with Gasteiger partial charge in [-0.3, -0.25) is 4.79 Å². The first-order chi connectivity index (χ1) is 14.2. The molecule has 2 aliphatic rings. The van der Waals surface area contributed by atoms with E-state index in [2.05, 4.69) is 14.8 Å².